The van der Waals surface area contributed by atoms with E-state index in [0.29, 0.717) is 0 Å². The summed E-state index contributed by atoms with van der Waals surface area (Å²) in [6.45, 7) is 0. The van der Waals surface area contributed by atoms with Gasteiger partial charge in [-0.15, -0.1) is 0 Å². The number of hydrogen-bond acceptors (Lipinski definition) is 4. The lowest BCUT2D eigenvalue weighted by molar-refractivity contribution is 0.0957. The maximum absolute atomic E-state index is 11.8. The molecular weight excluding hydrogens is 286 g/mol. The number of amides is 1. The van der Waals surface area contributed by atoms with Crippen molar-refractivity contribution in [3.05, 3.63) is 55.7 Å². The molecule has 0 atom stereocenters. The number of carbonyl (C=O) groups is 1. The summed E-state index contributed by atoms with van der Waals surface area (Å²) >= 11 is 5.94. The molecule has 0 saturated carbocycles. The number of aromatic hydroxyl groups is 1. The second kappa shape index (κ2) is 5.22. The van der Waals surface area contributed by atoms with E-state index in [1.165, 1.54) is 19.2 Å². The first kappa shape index (κ1) is 13.9. The second-order valence-corrected chi connectivity index (χ2v) is 4.23. The van der Waals surface area contributed by atoms with Crippen molar-refractivity contribution in [3.8, 4) is 11.6 Å². The van der Waals surface area contributed by atoms with Gasteiger partial charge in [-0.2, -0.15) is 0 Å². The summed E-state index contributed by atoms with van der Waals surface area (Å²) in [5.74, 6) is -1.59. The van der Waals surface area contributed by atoms with E-state index >= 15 is 0 Å². The Morgan fingerprint density at radius 2 is 2.00 bits per heavy atom. The smallest absolute Gasteiger partial charge is 0.335 e. The molecule has 1 aromatic carbocycles. The zero-order chi connectivity index (χ0) is 14.9. The number of aromatic nitrogens is 2. The van der Waals surface area contributed by atoms with Gasteiger partial charge in [-0.3, -0.25) is 14.6 Å². The topological polar surface area (TPSA) is 104 Å². The monoisotopic (exact) mass is 295 g/mol. The SMILES string of the molecule is CNC(=O)c1c(O)n(-c2ccccc2Cl)c(=O)[nH]c1=O. The third kappa shape index (κ3) is 2.19. The Morgan fingerprint density at radius 1 is 1.35 bits per heavy atom. The van der Waals surface area contributed by atoms with Crippen LogP contribution >= 0.6 is 11.6 Å². The predicted octanol–water partition coefficient (Wildman–Crippen LogP) is 0.244. The van der Waals surface area contributed by atoms with E-state index in [4.69, 9.17) is 11.6 Å². The molecule has 2 rings (SSSR count). The van der Waals surface area contributed by atoms with Crippen molar-refractivity contribution < 1.29 is 9.90 Å². The number of benzene rings is 1. The molecule has 20 heavy (non-hydrogen) atoms. The van der Waals surface area contributed by atoms with Crippen LogP contribution in [0, 0.1) is 0 Å². The number of para-hydroxylation sites is 1. The van der Waals surface area contributed by atoms with E-state index in [1.807, 2.05) is 4.98 Å². The third-order valence-corrected chi connectivity index (χ3v) is 2.95. The normalized spacial score (nSPS) is 10.3. The van der Waals surface area contributed by atoms with E-state index in [-0.39, 0.29) is 10.7 Å². The second-order valence-electron chi connectivity index (χ2n) is 3.82. The summed E-state index contributed by atoms with van der Waals surface area (Å²) in [4.78, 5) is 37.0. The lowest BCUT2D eigenvalue weighted by Gasteiger charge is -2.11. The van der Waals surface area contributed by atoms with Crippen LogP contribution in [-0.2, 0) is 0 Å². The first-order chi connectivity index (χ1) is 9.47. The zero-order valence-electron chi connectivity index (χ0n) is 10.3. The third-order valence-electron chi connectivity index (χ3n) is 2.63. The van der Waals surface area contributed by atoms with Gasteiger partial charge in [-0.25, -0.2) is 9.36 Å². The van der Waals surface area contributed by atoms with Gasteiger partial charge >= 0.3 is 5.69 Å². The largest absolute Gasteiger partial charge is 0.493 e. The van der Waals surface area contributed by atoms with Crippen molar-refractivity contribution in [1.29, 1.82) is 0 Å². The Hall–Kier alpha value is -2.54. The predicted molar refractivity (Wildman–Crippen MR) is 72.7 cm³/mol. The minimum Gasteiger partial charge on any atom is -0.493 e. The molecule has 2 aromatic rings. The van der Waals surface area contributed by atoms with E-state index in [9.17, 15) is 19.5 Å². The molecule has 0 aliphatic carbocycles. The van der Waals surface area contributed by atoms with E-state index in [1.54, 1.807) is 12.1 Å². The van der Waals surface area contributed by atoms with E-state index in [2.05, 4.69) is 5.32 Å². The minimum absolute atomic E-state index is 0.151. The Balaban J connectivity index is 2.85. The van der Waals surface area contributed by atoms with Gasteiger partial charge < -0.3 is 10.4 Å². The van der Waals surface area contributed by atoms with Crippen LogP contribution in [-0.4, -0.2) is 27.6 Å². The molecule has 3 N–H and O–H groups in total. The number of nitrogens with one attached hydrogen (secondary N) is 2. The summed E-state index contributed by atoms with van der Waals surface area (Å²) in [5.41, 5.74) is -2.28. The van der Waals surface area contributed by atoms with Gasteiger partial charge in [0.2, 0.25) is 5.88 Å². The van der Waals surface area contributed by atoms with Gasteiger partial charge in [0.05, 0.1) is 10.7 Å². The summed E-state index contributed by atoms with van der Waals surface area (Å²) in [6, 6.07) is 6.21. The van der Waals surface area contributed by atoms with Crippen molar-refractivity contribution in [2.75, 3.05) is 7.05 Å². The number of rotatable bonds is 2. The quantitative estimate of drug-likeness (QED) is 0.738. The Morgan fingerprint density at radius 3 is 2.60 bits per heavy atom. The fourth-order valence-electron chi connectivity index (χ4n) is 1.71. The maximum atomic E-state index is 11.8. The van der Waals surface area contributed by atoms with Crippen molar-refractivity contribution in [2.24, 2.45) is 0 Å². The van der Waals surface area contributed by atoms with Gasteiger partial charge in [0.25, 0.3) is 11.5 Å². The lowest BCUT2D eigenvalue weighted by Crippen LogP contribution is -2.36. The molecule has 104 valence electrons. The first-order valence-corrected chi connectivity index (χ1v) is 5.90. The average Bonchev–Trinajstić information content (AvgIpc) is 2.40. The van der Waals surface area contributed by atoms with E-state index < -0.39 is 28.6 Å². The highest BCUT2D eigenvalue weighted by Gasteiger charge is 2.21. The molecule has 0 aliphatic heterocycles. The molecule has 1 amide bonds. The van der Waals surface area contributed by atoms with Gasteiger partial charge in [0.15, 0.2) is 5.56 Å². The van der Waals surface area contributed by atoms with Crippen LogP contribution in [0.5, 0.6) is 5.88 Å². The van der Waals surface area contributed by atoms with Crippen LogP contribution in [0.4, 0.5) is 0 Å². The van der Waals surface area contributed by atoms with Crippen LogP contribution in [0.1, 0.15) is 10.4 Å². The summed E-state index contributed by atoms with van der Waals surface area (Å²) in [5, 5.41) is 12.4. The van der Waals surface area contributed by atoms with Gasteiger partial charge in [0.1, 0.15) is 0 Å². The molecule has 0 aliphatic rings. The van der Waals surface area contributed by atoms with Crippen LogP contribution in [0.15, 0.2) is 33.9 Å². The zero-order valence-corrected chi connectivity index (χ0v) is 11.1. The Bertz CT molecular complexity index is 794. The summed E-state index contributed by atoms with van der Waals surface area (Å²) < 4.78 is 0.758. The van der Waals surface area contributed by atoms with Gasteiger partial charge in [-0.1, -0.05) is 23.7 Å². The number of hydrogen-bond donors (Lipinski definition) is 3. The lowest BCUT2D eigenvalue weighted by atomic mass is 10.2. The average molecular weight is 296 g/mol. The van der Waals surface area contributed by atoms with Crippen LogP contribution < -0.4 is 16.6 Å². The fraction of sp³-hybridized carbons (Fsp3) is 0.0833. The molecule has 0 fully saturated rings. The number of halogens is 1. The molecule has 0 unspecified atom stereocenters. The van der Waals surface area contributed by atoms with Crippen molar-refractivity contribution in [1.82, 2.24) is 14.9 Å². The number of nitrogens with zero attached hydrogens (tertiary/aromatic N) is 1. The maximum Gasteiger partial charge on any atom is 0.335 e. The Kier molecular flexibility index (Phi) is 3.62. The molecule has 1 aromatic heterocycles. The molecular formula is C12H10ClN3O4. The van der Waals surface area contributed by atoms with Gasteiger partial charge in [-0.05, 0) is 12.1 Å². The summed E-state index contributed by atoms with van der Waals surface area (Å²) in [7, 11) is 1.30. The molecule has 1 heterocycles. The molecule has 0 spiro atoms. The molecule has 0 saturated heterocycles. The molecule has 7 nitrogen and oxygen atoms in total. The fourth-order valence-corrected chi connectivity index (χ4v) is 1.93. The highest BCUT2D eigenvalue weighted by atomic mass is 35.5. The van der Waals surface area contributed by atoms with Crippen molar-refractivity contribution in [2.45, 2.75) is 0 Å². The molecule has 0 radical (unpaired) electrons. The molecule has 0 bridgehead atoms. The Labute approximate surface area is 117 Å². The number of aromatic amines is 1. The van der Waals surface area contributed by atoms with Crippen LogP contribution in [0.25, 0.3) is 5.69 Å². The minimum atomic E-state index is -0.977. The highest BCUT2D eigenvalue weighted by Crippen LogP contribution is 2.23. The van der Waals surface area contributed by atoms with Crippen LogP contribution in [0.2, 0.25) is 5.02 Å². The first-order valence-electron chi connectivity index (χ1n) is 5.52. The van der Waals surface area contributed by atoms with Gasteiger partial charge in [0, 0.05) is 7.05 Å². The van der Waals surface area contributed by atoms with Crippen molar-refractivity contribution >= 4 is 17.5 Å². The summed E-state index contributed by atoms with van der Waals surface area (Å²) in [6.07, 6.45) is 0. The van der Waals surface area contributed by atoms with Crippen molar-refractivity contribution in [3.63, 3.8) is 0 Å². The standard InChI is InChI=1S/C12H10ClN3O4/c1-14-9(17)8-10(18)15-12(20)16(11(8)19)7-5-3-2-4-6(7)13/h2-5,19H,1H3,(H,14,17)(H,15,18,20). The molecule has 8 heteroatoms. The number of H-pyrrole nitrogens is 1. The van der Waals surface area contributed by atoms with Crippen LogP contribution in [0.3, 0.4) is 0 Å². The highest BCUT2D eigenvalue weighted by molar-refractivity contribution is 6.32. The van der Waals surface area contributed by atoms with E-state index in [0.717, 1.165) is 4.57 Å². The number of carbonyl (C=O) groups excluding carboxylic acids is 1.